The Morgan fingerprint density at radius 3 is 2.71 bits per heavy atom. The van der Waals surface area contributed by atoms with Crippen molar-refractivity contribution in [2.75, 3.05) is 11.1 Å². The van der Waals surface area contributed by atoms with Crippen LogP contribution in [0.1, 0.15) is 11.9 Å². The van der Waals surface area contributed by atoms with Gasteiger partial charge in [-0.3, -0.25) is 10.1 Å². The molecule has 0 spiro atoms. The van der Waals surface area contributed by atoms with Crippen LogP contribution in [-0.2, 0) is 14.6 Å². The Labute approximate surface area is 104 Å². The summed E-state index contributed by atoms with van der Waals surface area (Å²) in [5.74, 6) is -0.834. The Kier molecular flexibility index (Phi) is 4.35. The number of hydrogen-bond donors (Lipinski definition) is 1. The first-order valence-corrected chi connectivity index (χ1v) is 7.33. The molecule has 1 aromatic heterocycles. The first-order valence-electron chi connectivity index (χ1n) is 4.80. The molecule has 0 aromatic carbocycles. The third kappa shape index (κ3) is 3.60. The van der Waals surface area contributed by atoms with Crippen molar-refractivity contribution in [2.45, 2.75) is 19.1 Å². The number of carbonyl (C=O) groups is 1. The number of hydrogen-bond acceptors (Lipinski definition) is 6. The summed E-state index contributed by atoms with van der Waals surface area (Å²) >= 11 is 1.19. The SMILES string of the molecule is C=CCS(=O)(=O)C(C)C(=O)Nc1nnc(C)s1. The molecule has 1 rings (SSSR count). The van der Waals surface area contributed by atoms with E-state index in [-0.39, 0.29) is 5.75 Å². The first kappa shape index (κ1) is 13.8. The van der Waals surface area contributed by atoms with Gasteiger partial charge in [0.25, 0.3) is 0 Å². The maximum absolute atomic E-state index is 11.7. The van der Waals surface area contributed by atoms with Crippen molar-refractivity contribution in [3.8, 4) is 0 Å². The highest BCUT2D eigenvalue weighted by molar-refractivity contribution is 7.92. The number of rotatable bonds is 5. The van der Waals surface area contributed by atoms with Crippen LogP contribution in [0.3, 0.4) is 0 Å². The lowest BCUT2D eigenvalue weighted by Crippen LogP contribution is -2.33. The van der Waals surface area contributed by atoms with Crippen LogP contribution in [0.4, 0.5) is 5.13 Å². The van der Waals surface area contributed by atoms with Crippen LogP contribution in [0.2, 0.25) is 0 Å². The zero-order chi connectivity index (χ0) is 13.1. The Morgan fingerprint density at radius 2 is 2.24 bits per heavy atom. The fourth-order valence-electron chi connectivity index (χ4n) is 1.03. The van der Waals surface area contributed by atoms with Crippen LogP contribution in [0.5, 0.6) is 0 Å². The van der Waals surface area contributed by atoms with Gasteiger partial charge in [-0.05, 0) is 13.8 Å². The summed E-state index contributed by atoms with van der Waals surface area (Å²) in [6.45, 7) is 6.42. The number of carbonyl (C=O) groups excluding carboxylic acids is 1. The van der Waals surface area contributed by atoms with Gasteiger partial charge in [0, 0.05) is 0 Å². The molecule has 1 N–H and O–H groups in total. The van der Waals surface area contributed by atoms with Gasteiger partial charge in [-0.1, -0.05) is 17.4 Å². The van der Waals surface area contributed by atoms with E-state index in [9.17, 15) is 13.2 Å². The number of nitrogens with zero attached hydrogens (tertiary/aromatic N) is 2. The summed E-state index contributed by atoms with van der Waals surface area (Å²) in [6.07, 6.45) is 1.26. The summed E-state index contributed by atoms with van der Waals surface area (Å²) in [7, 11) is -3.50. The summed E-state index contributed by atoms with van der Waals surface area (Å²) in [5.41, 5.74) is 0. The van der Waals surface area contributed by atoms with Crippen molar-refractivity contribution in [3.63, 3.8) is 0 Å². The maximum Gasteiger partial charge on any atom is 0.244 e. The quantitative estimate of drug-likeness (QED) is 0.802. The smallest absolute Gasteiger partial charge is 0.244 e. The molecular weight excluding hydrogens is 262 g/mol. The number of aromatic nitrogens is 2. The molecule has 1 aromatic rings. The van der Waals surface area contributed by atoms with Gasteiger partial charge in [0.2, 0.25) is 11.0 Å². The predicted molar refractivity (Wildman–Crippen MR) is 66.7 cm³/mol. The van der Waals surface area contributed by atoms with E-state index in [1.807, 2.05) is 0 Å². The molecule has 0 saturated carbocycles. The number of aryl methyl sites for hydroxylation is 1. The molecule has 1 heterocycles. The molecule has 8 heteroatoms. The second kappa shape index (κ2) is 5.37. The van der Waals surface area contributed by atoms with Gasteiger partial charge >= 0.3 is 0 Å². The van der Waals surface area contributed by atoms with Gasteiger partial charge in [-0.2, -0.15) is 0 Å². The van der Waals surface area contributed by atoms with Crippen molar-refractivity contribution in [1.82, 2.24) is 10.2 Å². The van der Waals surface area contributed by atoms with Crippen molar-refractivity contribution in [1.29, 1.82) is 0 Å². The van der Waals surface area contributed by atoms with Gasteiger partial charge in [-0.15, -0.1) is 16.8 Å². The average Bonchev–Trinajstić information content (AvgIpc) is 2.62. The molecule has 17 heavy (non-hydrogen) atoms. The highest BCUT2D eigenvalue weighted by Crippen LogP contribution is 2.15. The molecule has 0 aliphatic carbocycles. The van der Waals surface area contributed by atoms with Gasteiger partial charge in [-0.25, -0.2) is 8.42 Å². The Bertz CT molecular complexity index is 521. The molecular formula is C9H13N3O3S2. The van der Waals surface area contributed by atoms with Crippen LogP contribution >= 0.6 is 11.3 Å². The molecule has 0 aliphatic heterocycles. The van der Waals surface area contributed by atoms with Crippen molar-refractivity contribution < 1.29 is 13.2 Å². The number of sulfone groups is 1. The van der Waals surface area contributed by atoms with Crippen LogP contribution in [0.15, 0.2) is 12.7 Å². The van der Waals surface area contributed by atoms with Crippen LogP contribution < -0.4 is 5.32 Å². The third-order valence-electron chi connectivity index (χ3n) is 2.01. The molecule has 0 bridgehead atoms. The van der Waals surface area contributed by atoms with E-state index in [2.05, 4.69) is 22.1 Å². The van der Waals surface area contributed by atoms with E-state index in [1.165, 1.54) is 24.3 Å². The second-order valence-electron chi connectivity index (χ2n) is 3.38. The molecule has 1 amide bonds. The predicted octanol–water partition coefficient (Wildman–Crippen LogP) is 0.774. The van der Waals surface area contributed by atoms with Crippen molar-refractivity contribution in [3.05, 3.63) is 17.7 Å². The molecule has 1 unspecified atom stereocenters. The molecule has 0 fully saturated rings. The van der Waals surface area contributed by atoms with E-state index >= 15 is 0 Å². The van der Waals surface area contributed by atoms with E-state index in [4.69, 9.17) is 0 Å². The van der Waals surface area contributed by atoms with Crippen molar-refractivity contribution in [2.24, 2.45) is 0 Å². The summed E-state index contributed by atoms with van der Waals surface area (Å²) < 4.78 is 23.2. The normalized spacial score (nSPS) is 13.1. The Morgan fingerprint density at radius 1 is 1.59 bits per heavy atom. The summed E-state index contributed by atoms with van der Waals surface area (Å²) in [4.78, 5) is 11.7. The minimum Gasteiger partial charge on any atom is -0.299 e. The highest BCUT2D eigenvalue weighted by Gasteiger charge is 2.27. The maximum atomic E-state index is 11.7. The first-order chi connectivity index (χ1) is 7.86. The van der Waals surface area contributed by atoms with Gasteiger partial charge < -0.3 is 0 Å². The molecule has 94 valence electrons. The molecule has 0 aliphatic rings. The fraction of sp³-hybridized carbons (Fsp3) is 0.444. The zero-order valence-corrected chi connectivity index (χ0v) is 11.1. The minimum atomic E-state index is -3.50. The van der Waals surface area contributed by atoms with E-state index in [0.29, 0.717) is 10.1 Å². The number of amides is 1. The van der Waals surface area contributed by atoms with E-state index in [1.54, 1.807) is 6.92 Å². The average molecular weight is 275 g/mol. The minimum absolute atomic E-state index is 0.225. The van der Waals surface area contributed by atoms with Gasteiger partial charge in [0.1, 0.15) is 10.3 Å². The number of nitrogens with one attached hydrogen (secondary N) is 1. The van der Waals surface area contributed by atoms with Crippen molar-refractivity contribution >= 4 is 32.2 Å². The Balaban J connectivity index is 2.74. The lowest BCUT2D eigenvalue weighted by Gasteiger charge is -2.09. The van der Waals surface area contributed by atoms with Gasteiger partial charge in [0.15, 0.2) is 9.84 Å². The monoisotopic (exact) mass is 275 g/mol. The summed E-state index contributed by atoms with van der Waals surface area (Å²) in [6, 6.07) is 0. The molecule has 6 nitrogen and oxygen atoms in total. The second-order valence-corrected chi connectivity index (χ2v) is 6.92. The highest BCUT2D eigenvalue weighted by atomic mass is 32.2. The molecule has 0 saturated heterocycles. The van der Waals surface area contributed by atoms with Gasteiger partial charge in [0.05, 0.1) is 5.75 Å². The Hall–Kier alpha value is -1.28. The molecule has 1 atom stereocenters. The topological polar surface area (TPSA) is 89.0 Å². The third-order valence-corrected chi connectivity index (χ3v) is 4.76. The molecule has 0 radical (unpaired) electrons. The lowest BCUT2D eigenvalue weighted by molar-refractivity contribution is -0.115. The van der Waals surface area contributed by atoms with E-state index < -0.39 is 21.0 Å². The van der Waals surface area contributed by atoms with E-state index in [0.717, 1.165) is 0 Å². The fourth-order valence-corrected chi connectivity index (χ4v) is 2.62. The standard InChI is InChI=1S/C9H13N3O3S2/c1-4-5-17(14,15)6(2)8(13)10-9-12-11-7(3)16-9/h4,6H,1,5H2,2-3H3,(H,10,12,13). The van der Waals surface area contributed by atoms with Crippen LogP contribution in [0, 0.1) is 6.92 Å². The number of anilines is 1. The van der Waals surface area contributed by atoms with Crippen LogP contribution in [-0.4, -0.2) is 35.5 Å². The zero-order valence-electron chi connectivity index (χ0n) is 9.50. The largest absolute Gasteiger partial charge is 0.299 e. The lowest BCUT2D eigenvalue weighted by atomic mass is 10.4. The summed E-state index contributed by atoms with van der Waals surface area (Å²) in [5, 5.41) is 9.68. The van der Waals surface area contributed by atoms with Crippen LogP contribution in [0.25, 0.3) is 0 Å².